The van der Waals surface area contributed by atoms with Gasteiger partial charge in [0, 0.05) is 29.8 Å². The van der Waals surface area contributed by atoms with Gasteiger partial charge in [0.1, 0.15) is 5.75 Å². The number of hydrogen-bond acceptors (Lipinski definition) is 5. The van der Waals surface area contributed by atoms with Crippen LogP contribution in [0.15, 0.2) is 36.4 Å². The molecule has 31 heavy (non-hydrogen) atoms. The summed E-state index contributed by atoms with van der Waals surface area (Å²) in [5.41, 5.74) is 2.60. The van der Waals surface area contributed by atoms with Crippen LogP contribution in [0.2, 0.25) is 0 Å². The molecule has 1 saturated carbocycles. The van der Waals surface area contributed by atoms with E-state index >= 15 is 0 Å². The van der Waals surface area contributed by atoms with Gasteiger partial charge in [-0.1, -0.05) is 12.1 Å². The normalized spacial score (nSPS) is 20.3. The first-order chi connectivity index (χ1) is 14.9. The molecule has 1 aliphatic carbocycles. The Morgan fingerprint density at radius 2 is 1.94 bits per heavy atom. The van der Waals surface area contributed by atoms with Gasteiger partial charge in [-0.15, -0.1) is 0 Å². The van der Waals surface area contributed by atoms with Crippen molar-refractivity contribution < 1.29 is 19.2 Å². The topological polar surface area (TPSA) is 102 Å². The van der Waals surface area contributed by atoms with Crippen molar-refractivity contribution in [3.05, 3.63) is 63.2 Å². The van der Waals surface area contributed by atoms with Crippen molar-refractivity contribution >= 4 is 23.2 Å². The number of nitrogens with zero attached hydrogens (tertiary/aromatic N) is 2. The second kappa shape index (κ2) is 8.37. The molecule has 162 valence electrons. The van der Waals surface area contributed by atoms with Crippen LogP contribution in [-0.2, 0) is 11.3 Å². The van der Waals surface area contributed by atoms with Crippen LogP contribution in [0.5, 0.6) is 5.75 Å². The van der Waals surface area contributed by atoms with Crippen molar-refractivity contribution in [3.63, 3.8) is 0 Å². The van der Waals surface area contributed by atoms with E-state index in [9.17, 15) is 19.7 Å². The van der Waals surface area contributed by atoms with E-state index < -0.39 is 4.92 Å². The summed E-state index contributed by atoms with van der Waals surface area (Å²) in [7, 11) is 1.60. The molecular formula is C23H25N3O5. The summed E-state index contributed by atoms with van der Waals surface area (Å²) >= 11 is 0. The largest absolute Gasteiger partial charge is 0.496 e. The number of amides is 2. The summed E-state index contributed by atoms with van der Waals surface area (Å²) in [6.45, 7) is 2.20. The highest BCUT2D eigenvalue weighted by atomic mass is 16.6. The Morgan fingerprint density at radius 3 is 2.61 bits per heavy atom. The number of carbonyl (C=O) groups is 2. The number of ether oxygens (including phenoxy) is 1. The smallest absolute Gasteiger partial charge is 0.275 e. The average molecular weight is 423 g/mol. The lowest BCUT2D eigenvalue weighted by atomic mass is 9.84. The molecule has 8 nitrogen and oxygen atoms in total. The van der Waals surface area contributed by atoms with E-state index in [2.05, 4.69) is 5.32 Å². The Hall–Kier alpha value is -3.42. The van der Waals surface area contributed by atoms with E-state index in [0.29, 0.717) is 42.5 Å². The Morgan fingerprint density at radius 1 is 1.19 bits per heavy atom. The molecule has 0 unspecified atom stereocenters. The van der Waals surface area contributed by atoms with Crippen LogP contribution in [0.3, 0.4) is 0 Å². The van der Waals surface area contributed by atoms with Crippen LogP contribution < -0.4 is 10.1 Å². The van der Waals surface area contributed by atoms with E-state index in [1.807, 2.05) is 25.1 Å². The standard InChI is InChI=1S/C23H25N3O5/c1-14-6-9-16(12-21(14)31-2)24-22(27)15-7-10-17(11-8-15)25-13-19-18(23(25)28)4-3-5-20(19)26(29)30/h3-6,9,12,15,17H,7-8,10-11,13H2,1-2H3,(H,24,27). The number of hydrogen-bond donors (Lipinski definition) is 1. The van der Waals surface area contributed by atoms with E-state index in [1.165, 1.54) is 6.07 Å². The number of fused-ring (bicyclic) bond motifs is 1. The first-order valence-electron chi connectivity index (χ1n) is 10.4. The van der Waals surface area contributed by atoms with Crippen molar-refractivity contribution in [1.29, 1.82) is 0 Å². The van der Waals surface area contributed by atoms with E-state index in [-0.39, 0.29) is 36.0 Å². The second-order valence-electron chi connectivity index (χ2n) is 8.17. The number of nitrogens with one attached hydrogen (secondary N) is 1. The van der Waals surface area contributed by atoms with E-state index in [4.69, 9.17) is 4.74 Å². The van der Waals surface area contributed by atoms with Crippen molar-refractivity contribution in [3.8, 4) is 5.75 Å². The molecule has 1 aliphatic heterocycles. The lowest BCUT2D eigenvalue weighted by molar-refractivity contribution is -0.385. The number of rotatable bonds is 5. The predicted molar refractivity (Wildman–Crippen MR) is 115 cm³/mol. The zero-order valence-electron chi connectivity index (χ0n) is 17.6. The van der Waals surface area contributed by atoms with Crippen LogP contribution in [-0.4, -0.2) is 34.8 Å². The minimum Gasteiger partial charge on any atom is -0.496 e. The molecule has 1 N–H and O–H groups in total. The number of carbonyl (C=O) groups excluding carboxylic acids is 2. The Balaban J connectivity index is 1.38. The van der Waals surface area contributed by atoms with Crippen LogP contribution in [0, 0.1) is 23.0 Å². The van der Waals surface area contributed by atoms with Gasteiger partial charge in [0.15, 0.2) is 0 Å². The molecule has 0 radical (unpaired) electrons. The summed E-state index contributed by atoms with van der Waals surface area (Å²) < 4.78 is 5.31. The average Bonchev–Trinajstić information content (AvgIpc) is 3.11. The highest BCUT2D eigenvalue weighted by molar-refractivity contribution is 5.99. The molecule has 2 aliphatic rings. The molecular weight excluding hydrogens is 398 g/mol. The van der Waals surface area contributed by atoms with E-state index in [0.717, 1.165) is 11.3 Å². The van der Waals surface area contributed by atoms with Gasteiger partial charge in [-0.3, -0.25) is 19.7 Å². The number of benzene rings is 2. The van der Waals surface area contributed by atoms with Gasteiger partial charge in [0.2, 0.25) is 5.91 Å². The predicted octanol–water partition coefficient (Wildman–Crippen LogP) is 4.07. The monoisotopic (exact) mass is 423 g/mol. The molecule has 8 heteroatoms. The summed E-state index contributed by atoms with van der Waals surface area (Å²) in [5, 5.41) is 14.3. The molecule has 2 amide bonds. The molecule has 0 aromatic heterocycles. The third-order valence-electron chi connectivity index (χ3n) is 6.35. The quantitative estimate of drug-likeness (QED) is 0.577. The fourth-order valence-corrected chi connectivity index (χ4v) is 4.60. The minimum absolute atomic E-state index is 0.00469. The van der Waals surface area contributed by atoms with Crippen molar-refractivity contribution in [1.82, 2.24) is 4.90 Å². The number of nitro benzene ring substituents is 1. The van der Waals surface area contributed by atoms with Gasteiger partial charge in [-0.05, 0) is 50.3 Å². The fraction of sp³-hybridized carbons (Fsp3) is 0.391. The maximum Gasteiger partial charge on any atom is 0.275 e. The molecule has 1 fully saturated rings. The Labute approximate surface area is 180 Å². The van der Waals surface area contributed by atoms with Crippen LogP contribution >= 0.6 is 0 Å². The number of methoxy groups -OCH3 is 1. The van der Waals surface area contributed by atoms with Crippen LogP contribution in [0.4, 0.5) is 11.4 Å². The summed E-state index contributed by atoms with van der Waals surface area (Å²) in [6.07, 6.45) is 2.73. The first-order valence-corrected chi connectivity index (χ1v) is 10.4. The van der Waals surface area contributed by atoms with Crippen molar-refractivity contribution in [2.45, 2.75) is 45.2 Å². The molecule has 2 aromatic carbocycles. The Kier molecular flexibility index (Phi) is 5.63. The zero-order chi connectivity index (χ0) is 22.1. The SMILES string of the molecule is COc1cc(NC(=O)C2CCC(N3Cc4c(cccc4[N+](=O)[O-])C3=O)CC2)ccc1C. The van der Waals surface area contributed by atoms with Gasteiger partial charge in [0.05, 0.1) is 29.7 Å². The van der Waals surface area contributed by atoms with Gasteiger partial charge in [-0.25, -0.2) is 0 Å². The third-order valence-corrected chi connectivity index (χ3v) is 6.35. The number of anilines is 1. The van der Waals surface area contributed by atoms with Gasteiger partial charge in [-0.2, -0.15) is 0 Å². The van der Waals surface area contributed by atoms with Crippen LogP contribution in [0.25, 0.3) is 0 Å². The molecule has 4 rings (SSSR count). The summed E-state index contributed by atoms with van der Waals surface area (Å²) in [4.78, 5) is 38.2. The minimum atomic E-state index is -0.434. The van der Waals surface area contributed by atoms with Crippen LogP contribution in [0.1, 0.15) is 47.2 Å². The molecule has 0 bridgehead atoms. The number of nitro groups is 1. The molecule has 1 heterocycles. The molecule has 0 atom stereocenters. The lowest BCUT2D eigenvalue weighted by Crippen LogP contribution is -2.40. The Bertz CT molecular complexity index is 1040. The van der Waals surface area contributed by atoms with Gasteiger partial charge >= 0.3 is 0 Å². The summed E-state index contributed by atoms with van der Waals surface area (Å²) in [5.74, 6) is 0.412. The maximum absolute atomic E-state index is 12.8. The fourth-order valence-electron chi connectivity index (χ4n) is 4.60. The van der Waals surface area contributed by atoms with Gasteiger partial charge < -0.3 is 15.0 Å². The zero-order valence-corrected chi connectivity index (χ0v) is 17.6. The third kappa shape index (κ3) is 3.97. The molecule has 2 aromatic rings. The number of aryl methyl sites for hydroxylation is 1. The molecule has 0 spiro atoms. The second-order valence-corrected chi connectivity index (χ2v) is 8.17. The van der Waals surface area contributed by atoms with E-state index in [1.54, 1.807) is 24.1 Å². The first kappa shape index (κ1) is 20.8. The highest BCUT2D eigenvalue weighted by Gasteiger charge is 2.39. The molecule has 0 saturated heterocycles. The lowest BCUT2D eigenvalue weighted by Gasteiger charge is -2.34. The highest BCUT2D eigenvalue weighted by Crippen LogP contribution is 2.36. The van der Waals surface area contributed by atoms with Crippen molar-refractivity contribution in [2.24, 2.45) is 5.92 Å². The maximum atomic E-state index is 12.8. The van der Waals surface area contributed by atoms with Gasteiger partial charge in [0.25, 0.3) is 11.6 Å². The van der Waals surface area contributed by atoms with Crippen molar-refractivity contribution in [2.75, 3.05) is 12.4 Å². The summed E-state index contributed by atoms with van der Waals surface area (Å²) in [6, 6.07) is 10.2.